The number of nitrogens with one attached hydrogen (secondary N) is 1. The Balaban J connectivity index is 1.35. The van der Waals surface area contributed by atoms with E-state index in [1.807, 2.05) is 11.0 Å². The van der Waals surface area contributed by atoms with E-state index < -0.39 is 11.7 Å². The van der Waals surface area contributed by atoms with Gasteiger partial charge in [-0.25, -0.2) is 4.39 Å². The standard InChI is InChI=1S/C28H32FN3O4/c1-20(2)16-28(34)13-15-32(18-26(28)36-24-9-5-21(29)6-10-24)19-27(33)31-22-7-11-23(12-8-22)35-25-4-3-14-30-17-25/h3-12,14,17,20,26,34H,13,15-16,18-19H2,1-2H3,(H,31,33)/t26-,28+/m0/s1. The number of rotatable bonds is 9. The number of carbonyl (C=O) groups excluding carboxylic acids is 1. The van der Waals surface area contributed by atoms with Crippen LogP contribution in [0.3, 0.4) is 0 Å². The number of amides is 1. The van der Waals surface area contributed by atoms with Gasteiger partial charge in [0.1, 0.15) is 34.8 Å². The van der Waals surface area contributed by atoms with Crippen LogP contribution >= 0.6 is 0 Å². The molecule has 0 saturated carbocycles. The minimum atomic E-state index is -1.03. The van der Waals surface area contributed by atoms with Crippen LogP contribution in [0.15, 0.2) is 73.1 Å². The first-order valence-electron chi connectivity index (χ1n) is 12.1. The molecule has 2 N–H and O–H groups in total. The molecule has 2 heterocycles. The zero-order valence-electron chi connectivity index (χ0n) is 20.6. The Morgan fingerprint density at radius 3 is 2.53 bits per heavy atom. The summed E-state index contributed by atoms with van der Waals surface area (Å²) in [6, 6.07) is 16.5. The molecule has 1 amide bonds. The van der Waals surface area contributed by atoms with Crippen LogP contribution in [0.1, 0.15) is 26.7 Å². The first kappa shape index (κ1) is 25.6. The molecule has 2 aromatic carbocycles. The topological polar surface area (TPSA) is 83.9 Å². The number of halogens is 1. The average Bonchev–Trinajstić information content (AvgIpc) is 2.84. The number of hydrogen-bond acceptors (Lipinski definition) is 6. The van der Waals surface area contributed by atoms with Gasteiger partial charge in [-0.05, 0) is 79.4 Å². The van der Waals surface area contributed by atoms with Crippen LogP contribution in [-0.2, 0) is 4.79 Å². The molecule has 0 spiro atoms. The van der Waals surface area contributed by atoms with Crippen molar-refractivity contribution in [1.82, 2.24) is 9.88 Å². The van der Waals surface area contributed by atoms with E-state index >= 15 is 0 Å². The minimum Gasteiger partial charge on any atom is -0.486 e. The fourth-order valence-electron chi connectivity index (χ4n) is 4.47. The minimum absolute atomic E-state index is 0.161. The van der Waals surface area contributed by atoms with Crippen molar-refractivity contribution in [2.24, 2.45) is 5.92 Å². The predicted octanol–water partition coefficient (Wildman–Crippen LogP) is 4.88. The lowest BCUT2D eigenvalue weighted by Gasteiger charge is -2.45. The Labute approximate surface area is 210 Å². The number of anilines is 1. The maximum Gasteiger partial charge on any atom is 0.238 e. The molecular formula is C28H32FN3O4. The van der Waals surface area contributed by atoms with E-state index in [4.69, 9.17) is 9.47 Å². The van der Waals surface area contributed by atoms with Crippen LogP contribution in [0.25, 0.3) is 0 Å². The van der Waals surface area contributed by atoms with E-state index in [2.05, 4.69) is 24.1 Å². The third kappa shape index (κ3) is 7.02. The van der Waals surface area contributed by atoms with Gasteiger partial charge in [0.2, 0.25) is 5.91 Å². The Kier molecular flexibility index (Phi) is 8.18. The highest BCUT2D eigenvalue weighted by Gasteiger charge is 2.43. The highest BCUT2D eigenvalue weighted by Crippen LogP contribution is 2.32. The van der Waals surface area contributed by atoms with Crippen molar-refractivity contribution in [3.05, 3.63) is 78.9 Å². The molecule has 3 aromatic rings. The fraction of sp³-hybridized carbons (Fsp3) is 0.357. The lowest BCUT2D eigenvalue weighted by molar-refractivity contribution is -0.129. The quantitative estimate of drug-likeness (QED) is 0.442. The lowest BCUT2D eigenvalue weighted by Crippen LogP contribution is -2.59. The van der Waals surface area contributed by atoms with Crippen molar-refractivity contribution in [3.8, 4) is 17.2 Å². The van der Waals surface area contributed by atoms with Gasteiger partial charge in [0, 0.05) is 25.0 Å². The van der Waals surface area contributed by atoms with Crippen molar-refractivity contribution < 1.29 is 23.8 Å². The SMILES string of the molecule is CC(C)C[C@]1(O)CCN(CC(=O)Nc2ccc(Oc3cccnc3)cc2)C[C@@H]1Oc1ccc(F)cc1. The Morgan fingerprint density at radius 2 is 1.86 bits per heavy atom. The molecule has 2 atom stereocenters. The van der Waals surface area contributed by atoms with E-state index in [9.17, 15) is 14.3 Å². The van der Waals surface area contributed by atoms with E-state index in [0.717, 1.165) is 0 Å². The van der Waals surface area contributed by atoms with Crippen LogP contribution in [0.2, 0.25) is 0 Å². The molecule has 1 aromatic heterocycles. The normalized spacial score (nSPS) is 20.2. The molecular weight excluding hydrogens is 461 g/mol. The maximum atomic E-state index is 13.3. The summed E-state index contributed by atoms with van der Waals surface area (Å²) in [6.07, 6.45) is 3.81. The first-order chi connectivity index (χ1) is 17.3. The molecule has 0 unspecified atom stereocenters. The van der Waals surface area contributed by atoms with Gasteiger partial charge in [0.25, 0.3) is 0 Å². The van der Waals surface area contributed by atoms with Gasteiger partial charge in [-0.3, -0.25) is 14.7 Å². The fourth-order valence-corrected chi connectivity index (χ4v) is 4.47. The van der Waals surface area contributed by atoms with E-state index in [1.54, 1.807) is 54.9 Å². The summed E-state index contributed by atoms with van der Waals surface area (Å²) in [6.45, 7) is 5.22. The molecule has 0 aliphatic carbocycles. The summed E-state index contributed by atoms with van der Waals surface area (Å²) < 4.78 is 25.2. The number of carbonyl (C=O) groups is 1. The van der Waals surface area contributed by atoms with Crippen molar-refractivity contribution in [3.63, 3.8) is 0 Å². The van der Waals surface area contributed by atoms with E-state index in [1.165, 1.54) is 12.1 Å². The highest BCUT2D eigenvalue weighted by atomic mass is 19.1. The Bertz CT molecular complexity index is 1130. The van der Waals surface area contributed by atoms with Crippen molar-refractivity contribution in [2.45, 2.75) is 38.4 Å². The van der Waals surface area contributed by atoms with Gasteiger partial charge in [-0.1, -0.05) is 13.8 Å². The zero-order chi connectivity index (χ0) is 25.5. The van der Waals surface area contributed by atoms with Crippen molar-refractivity contribution in [2.75, 3.05) is 25.0 Å². The summed E-state index contributed by atoms with van der Waals surface area (Å²) in [7, 11) is 0. The number of nitrogens with zero attached hydrogens (tertiary/aromatic N) is 2. The largest absolute Gasteiger partial charge is 0.486 e. The van der Waals surface area contributed by atoms with Gasteiger partial charge in [0.05, 0.1) is 12.7 Å². The number of piperidine rings is 1. The van der Waals surface area contributed by atoms with Crippen LogP contribution < -0.4 is 14.8 Å². The second kappa shape index (κ2) is 11.5. The molecule has 36 heavy (non-hydrogen) atoms. The number of likely N-dealkylation sites (tertiary alicyclic amines) is 1. The zero-order valence-corrected chi connectivity index (χ0v) is 20.6. The third-order valence-electron chi connectivity index (χ3n) is 6.11. The molecule has 1 aliphatic heterocycles. The predicted molar refractivity (Wildman–Crippen MR) is 136 cm³/mol. The molecule has 8 heteroatoms. The number of ether oxygens (including phenoxy) is 2. The monoisotopic (exact) mass is 493 g/mol. The number of aliphatic hydroxyl groups is 1. The molecule has 1 saturated heterocycles. The van der Waals surface area contributed by atoms with Crippen LogP contribution in [0, 0.1) is 11.7 Å². The summed E-state index contributed by atoms with van der Waals surface area (Å²) in [5, 5.41) is 14.3. The second-order valence-electron chi connectivity index (χ2n) is 9.61. The van der Waals surface area contributed by atoms with Crippen LogP contribution in [-0.4, -0.2) is 52.2 Å². The lowest BCUT2D eigenvalue weighted by atomic mass is 9.81. The second-order valence-corrected chi connectivity index (χ2v) is 9.61. The van der Waals surface area contributed by atoms with Gasteiger partial charge < -0.3 is 19.9 Å². The first-order valence-corrected chi connectivity index (χ1v) is 12.1. The van der Waals surface area contributed by atoms with Gasteiger partial charge in [-0.2, -0.15) is 0 Å². The maximum absolute atomic E-state index is 13.3. The molecule has 0 radical (unpaired) electrons. The number of pyridine rings is 1. The van der Waals surface area contributed by atoms with Gasteiger partial charge in [0.15, 0.2) is 0 Å². The molecule has 7 nitrogen and oxygen atoms in total. The Hall–Kier alpha value is -3.49. The molecule has 0 bridgehead atoms. The summed E-state index contributed by atoms with van der Waals surface area (Å²) >= 11 is 0. The number of benzene rings is 2. The van der Waals surface area contributed by atoms with Crippen molar-refractivity contribution in [1.29, 1.82) is 0 Å². The summed E-state index contributed by atoms with van der Waals surface area (Å²) in [5.74, 6) is 1.53. The molecule has 1 fully saturated rings. The smallest absolute Gasteiger partial charge is 0.238 e. The highest BCUT2D eigenvalue weighted by molar-refractivity contribution is 5.92. The third-order valence-corrected chi connectivity index (χ3v) is 6.11. The molecule has 190 valence electrons. The average molecular weight is 494 g/mol. The number of hydrogen-bond donors (Lipinski definition) is 2. The summed E-state index contributed by atoms with van der Waals surface area (Å²) in [4.78, 5) is 18.8. The van der Waals surface area contributed by atoms with E-state index in [-0.39, 0.29) is 24.2 Å². The molecule has 1 aliphatic rings. The summed E-state index contributed by atoms with van der Waals surface area (Å²) in [5.41, 5.74) is -0.370. The number of aromatic nitrogens is 1. The van der Waals surface area contributed by atoms with Crippen LogP contribution in [0.4, 0.5) is 10.1 Å². The van der Waals surface area contributed by atoms with Gasteiger partial charge in [-0.15, -0.1) is 0 Å². The van der Waals surface area contributed by atoms with Crippen LogP contribution in [0.5, 0.6) is 17.2 Å². The molecule has 4 rings (SSSR count). The Morgan fingerprint density at radius 1 is 1.14 bits per heavy atom. The van der Waals surface area contributed by atoms with Gasteiger partial charge >= 0.3 is 0 Å². The van der Waals surface area contributed by atoms with Crippen molar-refractivity contribution >= 4 is 11.6 Å². The van der Waals surface area contributed by atoms with E-state index in [0.29, 0.717) is 48.9 Å².